The number of carbonyl (C=O) groups is 3. The summed E-state index contributed by atoms with van der Waals surface area (Å²) >= 11 is 0. The minimum atomic E-state index is -2.74. The van der Waals surface area contributed by atoms with Crippen LogP contribution >= 0.6 is 0 Å². The van der Waals surface area contributed by atoms with Crippen LogP contribution in [0.4, 0.5) is 0 Å². The lowest BCUT2D eigenvalue weighted by atomic mass is 9.88. The molecule has 9 heteroatoms. The van der Waals surface area contributed by atoms with Crippen molar-refractivity contribution in [3.05, 3.63) is 107 Å². The van der Waals surface area contributed by atoms with Gasteiger partial charge >= 0.3 is 17.9 Å². The Morgan fingerprint density at radius 2 is 1.26 bits per heavy atom. The van der Waals surface area contributed by atoms with Crippen LogP contribution in [0.25, 0.3) is 5.57 Å². The van der Waals surface area contributed by atoms with Gasteiger partial charge in [-0.05, 0) is 61.3 Å². The minimum absolute atomic E-state index is 0.696. The van der Waals surface area contributed by atoms with Gasteiger partial charge in [0.15, 0.2) is 5.60 Å². The summed E-state index contributed by atoms with van der Waals surface area (Å²) < 4.78 is 5.88. The van der Waals surface area contributed by atoms with Gasteiger partial charge in [0.05, 0.1) is 12.8 Å². The smallest absolute Gasteiger partial charge is 0.336 e. The van der Waals surface area contributed by atoms with Gasteiger partial charge in [-0.3, -0.25) is 9.59 Å². The molecule has 3 aromatic rings. The summed E-state index contributed by atoms with van der Waals surface area (Å²) in [5, 5.41) is 33.8. The molecule has 4 N–H and O–H groups in total. The monoisotopic (exact) mass is 577 g/mol. The zero-order valence-corrected chi connectivity index (χ0v) is 24.2. The zero-order chi connectivity index (χ0) is 31.1. The molecule has 0 atom stereocenters. The Labute approximate surface area is 246 Å². The second-order valence-corrected chi connectivity index (χ2v) is 10.0. The molecule has 0 aromatic heterocycles. The van der Waals surface area contributed by atoms with Gasteiger partial charge in [0.1, 0.15) is 12.4 Å². The molecule has 42 heavy (non-hydrogen) atoms. The van der Waals surface area contributed by atoms with E-state index >= 15 is 0 Å². The number of ether oxygens (including phenoxy) is 1. The molecule has 0 saturated carbocycles. The van der Waals surface area contributed by atoms with Crippen molar-refractivity contribution in [3.63, 3.8) is 0 Å². The van der Waals surface area contributed by atoms with Crippen LogP contribution in [0.15, 0.2) is 90.5 Å². The van der Waals surface area contributed by atoms with E-state index in [1.807, 2.05) is 0 Å². The lowest BCUT2D eigenvalue weighted by molar-refractivity contribution is -0.170. The van der Waals surface area contributed by atoms with Crippen molar-refractivity contribution in [3.8, 4) is 5.75 Å². The molecule has 0 heterocycles. The second kappa shape index (κ2) is 16.7. The fourth-order valence-electron chi connectivity index (χ4n) is 4.19. The molecular formula is C33H39NO8. The highest BCUT2D eigenvalue weighted by molar-refractivity contribution is 5.88. The molecule has 0 fully saturated rings. The van der Waals surface area contributed by atoms with Crippen molar-refractivity contribution in [1.29, 1.82) is 0 Å². The number of aliphatic carboxylic acids is 3. The van der Waals surface area contributed by atoms with Crippen molar-refractivity contribution in [2.24, 2.45) is 0 Å². The van der Waals surface area contributed by atoms with E-state index in [4.69, 9.17) is 25.2 Å². The maximum Gasteiger partial charge on any atom is 0.336 e. The molecule has 0 bridgehead atoms. The molecule has 9 nitrogen and oxygen atoms in total. The van der Waals surface area contributed by atoms with Gasteiger partial charge in [-0.25, -0.2) is 4.79 Å². The molecule has 0 aliphatic heterocycles. The molecule has 0 aliphatic carbocycles. The Morgan fingerprint density at radius 3 is 1.71 bits per heavy atom. The Bertz CT molecular complexity index is 1300. The number of nitrogens with zero attached hydrogens (tertiary/aromatic N) is 1. The van der Waals surface area contributed by atoms with Crippen LogP contribution in [-0.2, 0) is 20.8 Å². The van der Waals surface area contributed by atoms with Crippen LogP contribution in [0.1, 0.15) is 42.9 Å². The van der Waals surface area contributed by atoms with Crippen molar-refractivity contribution in [1.82, 2.24) is 4.90 Å². The van der Waals surface area contributed by atoms with Crippen LogP contribution in [0.5, 0.6) is 5.75 Å². The van der Waals surface area contributed by atoms with Crippen LogP contribution in [0, 0.1) is 0 Å². The van der Waals surface area contributed by atoms with Gasteiger partial charge in [-0.1, -0.05) is 85.3 Å². The van der Waals surface area contributed by atoms with Gasteiger partial charge in [-0.2, -0.15) is 0 Å². The van der Waals surface area contributed by atoms with Gasteiger partial charge in [-0.15, -0.1) is 0 Å². The third kappa shape index (κ3) is 11.2. The second-order valence-electron chi connectivity index (χ2n) is 10.0. The van der Waals surface area contributed by atoms with E-state index in [1.165, 1.54) is 27.8 Å². The molecule has 224 valence electrons. The fraction of sp³-hybridized carbons (Fsp3) is 0.303. The SMILES string of the molecule is CC/C(Cc1ccccc1)=C(\c1ccccc1)c1ccc(OCCN(C)C)cc1.O=C(O)CC(O)(CC(=O)O)C(=O)O. The number of allylic oxidation sites excluding steroid dienone is 1. The maximum atomic E-state index is 10.3. The number of carboxylic acids is 3. The summed E-state index contributed by atoms with van der Waals surface area (Å²) in [4.78, 5) is 32.6. The predicted molar refractivity (Wildman–Crippen MR) is 160 cm³/mol. The lowest BCUT2D eigenvalue weighted by Gasteiger charge is -2.18. The first-order chi connectivity index (χ1) is 19.9. The first kappa shape index (κ1) is 33.7. The molecule has 0 radical (unpaired) electrons. The normalized spacial score (nSPS) is 11.6. The lowest BCUT2D eigenvalue weighted by Crippen LogP contribution is -2.42. The quantitative estimate of drug-likeness (QED) is 0.212. The van der Waals surface area contributed by atoms with Gasteiger partial charge < -0.3 is 30.1 Å². The van der Waals surface area contributed by atoms with Crippen LogP contribution in [0.2, 0.25) is 0 Å². The Hall–Kier alpha value is -4.47. The average molecular weight is 578 g/mol. The number of aliphatic hydroxyl groups is 1. The van der Waals surface area contributed by atoms with Gasteiger partial charge in [0, 0.05) is 6.54 Å². The molecule has 3 rings (SSSR count). The topological polar surface area (TPSA) is 145 Å². The number of benzene rings is 3. The number of hydrogen-bond donors (Lipinski definition) is 4. The van der Waals surface area contributed by atoms with Crippen molar-refractivity contribution < 1.29 is 39.5 Å². The predicted octanol–water partition coefficient (Wildman–Crippen LogP) is 4.83. The van der Waals surface area contributed by atoms with Crippen LogP contribution in [-0.4, -0.2) is 76.1 Å². The number of hydrogen-bond acceptors (Lipinski definition) is 6. The summed E-state index contributed by atoms with van der Waals surface area (Å²) in [6.07, 6.45) is -0.313. The maximum absolute atomic E-state index is 10.3. The highest BCUT2D eigenvalue weighted by Gasteiger charge is 2.40. The standard InChI is InChI=1S/C27H31NO.C6H8O7/c1-4-23(21-22-11-7-5-8-12-22)27(24-13-9-6-10-14-24)25-15-17-26(18-16-25)29-20-19-28(2)3;7-3(8)1-6(13,5(11)12)2-4(9)10/h5-18H,4,19-21H2,1-3H3;13H,1-2H2,(H,7,8)(H,9,10)(H,11,12)/b27-23-;. The van der Waals surface area contributed by atoms with Crippen molar-refractivity contribution >= 4 is 23.5 Å². The summed E-state index contributed by atoms with van der Waals surface area (Å²) in [5.41, 5.74) is 3.89. The summed E-state index contributed by atoms with van der Waals surface area (Å²) in [6, 6.07) is 30.0. The molecular weight excluding hydrogens is 538 g/mol. The number of carboxylic acid groups (broad SMARTS) is 3. The molecule has 3 aromatic carbocycles. The minimum Gasteiger partial charge on any atom is -0.492 e. The van der Waals surface area contributed by atoms with E-state index in [1.54, 1.807) is 0 Å². The summed E-state index contributed by atoms with van der Waals surface area (Å²) in [7, 11) is 4.12. The third-order valence-corrected chi connectivity index (χ3v) is 6.34. The van der Waals surface area contributed by atoms with E-state index in [2.05, 4.69) is 111 Å². The Morgan fingerprint density at radius 1 is 0.762 bits per heavy atom. The summed E-state index contributed by atoms with van der Waals surface area (Å²) in [6.45, 7) is 3.86. The van der Waals surface area contributed by atoms with Gasteiger partial charge in [0.2, 0.25) is 0 Å². The van der Waals surface area contributed by atoms with E-state index in [9.17, 15) is 14.4 Å². The largest absolute Gasteiger partial charge is 0.492 e. The highest BCUT2D eigenvalue weighted by Crippen LogP contribution is 2.31. The first-order valence-corrected chi connectivity index (χ1v) is 13.5. The number of rotatable bonds is 14. The van der Waals surface area contributed by atoms with E-state index in [-0.39, 0.29) is 0 Å². The van der Waals surface area contributed by atoms with Crippen molar-refractivity contribution in [2.45, 2.75) is 38.2 Å². The molecule has 0 saturated heterocycles. The van der Waals surface area contributed by atoms with Crippen molar-refractivity contribution in [2.75, 3.05) is 27.2 Å². The molecule has 0 spiro atoms. The summed E-state index contributed by atoms with van der Waals surface area (Å²) in [5.74, 6) is -4.10. The van der Waals surface area contributed by atoms with Crippen LogP contribution in [0.3, 0.4) is 0 Å². The van der Waals surface area contributed by atoms with Crippen LogP contribution < -0.4 is 4.74 Å². The molecule has 0 aliphatic rings. The van der Waals surface area contributed by atoms with Gasteiger partial charge in [0.25, 0.3) is 0 Å². The Balaban J connectivity index is 0.000000401. The fourth-order valence-corrected chi connectivity index (χ4v) is 4.19. The zero-order valence-electron chi connectivity index (χ0n) is 24.2. The first-order valence-electron chi connectivity index (χ1n) is 13.5. The highest BCUT2D eigenvalue weighted by atomic mass is 16.5. The average Bonchev–Trinajstić information content (AvgIpc) is 2.94. The molecule has 0 amide bonds. The Kier molecular flexibility index (Phi) is 13.4. The van der Waals surface area contributed by atoms with E-state index in [0.717, 1.165) is 25.1 Å². The number of likely N-dealkylation sites (N-methyl/N-ethyl adjacent to an activating group) is 1. The van der Waals surface area contributed by atoms with E-state index < -0.39 is 36.4 Å². The third-order valence-electron chi connectivity index (χ3n) is 6.34. The molecule has 0 unspecified atom stereocenters. The van der Waals surface area contributed by atoms with E-state index in [0.29, 0.717) is 6.61 Å².